The van der Waals surface area contributed by atoms with Crippen molar-refractivity contribution >= 4 is 29.1 Å². The Balaban J connectivity index is 1.92. The SMILES string of the molecule is Cn1c(C(=O)NCCc2ccc(O)cc2)cc(Cl)c1Cl. The van der Waals surface area contributed by atoms with Gasteiger partial charge in [0.2, 0.25) is 0 Å². The molecule has 0 radical (unpaired) electrons. The van der Waals surface area contributed by atoms with Crippen LogP contribution in [-0.2, 0) is 13.5 Å². The van der Waals surface area contributed by atoms with Gasteiger partial charge in [0.05, 0.1) is 5.02 Å². The molecular weight excluding hydrogens is 299 g/mol. The second-order valence-corrected chi connectivity index (χ2v) is 5.16. The van der Waals surface area contributed by atoms with Gasteiger partial charge in [-0.05, 0) is 30.2 Å². The van der Waals surface area contributed by atoms with E-state index in [2.05, 4.69) is 5.32 Å². The summed E-state index contributed by atoms with van der Waals surface area (Å²) in [6.07, 6.45) is 0.678. The highest BCUT2D eigenvalue weighted by Gasteiger charge is 2.15. The van der Waals surface area contributed by atoms with Crippen molar-refractivity contribution in [2.75, 3.05) is 6.54 Å². The fraction of sp³-hybridized carbons (Fsp3) is 0.214. The highest BCUT2D eigenvalue weighted by Crippen LogP contribution is 2.24. The van der Waals surface area contributed by atoms with E-state index in [4.69, 9.17) is 23.2 Å². The second-order valence-electron chi connectivity index (χ2n) is 4.40. The predicted octanol–water partition coefficient (Wildman–Crippen LogP) is 3.01. The molecule has 2 rings (SSSR count). The highest BCUT2D eigenvalue weighted by molar-refractivity contribution is 6.41. The molecule has 0 bridgehead atoms. The normalized spacial score (nSPS) is 10.6. The minimum atomic E-state index is -0.222. The van der Waals surface area contributed by atoms with Gasteiger partial charge in [-0.25, -0.2) is 0 Å². The quantitative estimate of drug-likeness (QED) is 0.911. The van der Waals surface area contributed by atoms with Crippen LogP contribution in [0.3, 0.4) is 0 Å². The summed E-state index contributed by atoms with van der Waals surface area (Å²) in [7, 11) is 1.68. The van der Waals surface area contributed by atoms with Crippen molar-refractivity contribution in [2.45, 2.75) is 6.42 Å². The molecule has 1 heterocycles. The lowest BCUT2D eigenvalue weighted by Crippen LogP contribution is -2.27. The van der Waals surface area contributed by atoms with Crippen molar-refractivity contribution in [1.29, 1.82) is 0 Å². The summed E-state index contributed by atoms with van der Waals surface area (Å²) in [6, 6.07) is 8.41. The first-order valence-corrected chi connectivity index (χ1v) is 6.81. The summed E-state index contributed by atoms with van der Waals surface area (Å²) in [5.74, 6) is 0.00552. The number of benzene rings is 1. The van der Waals surface area contributed by atoms with E-state index in [1.807, 2.05) is 12.1 Å². The lowest BCUT2D eigenvalue weighted by molar-refractivity contribution is 0.0946. The van der Waals surface area contributed by atoms with Crippen LogP contribution in [0.15, 0.2) is 30.3 Å². The van der Waals surface area contributed by atoms with Crippen LogP contribution in [0.5, 0.6) is 5.75 Å². The molecule has 0 aliphatic rings. The number of halogens is 2. The number of carbonyl (C=O) groups is 1. The van der Waals surface area contributed by atoms with Crippen molar-refractivity contribution in [3.8, 4) is 5.75 Å². The van der Waals surface area contributed by atoms with E-state index >= 15 is 0 Å². The molecule has 0 fully saturated rings. The van der Waals surface area contributed by atoms with E-state index in [1.54, 1.807) is 29.8 Å². The molecule has 0 aliphatic heterocycles. The van der Waals surface area contributed by atoms with Crippen LogP contribution < -0.4 is 5.32 Å². The van der Waals surface area contributed by atoms with Crippen LogP contribution in [0.25, 0.3) is 0 Å². The average Bonchev–Trinajstić information content (AvgIpc) is 2.69. The molecule has 1 aromatic heterocycles. The number of carbonyl (C=O) groups excluding carboxylic acids is 1. The molecule has 106 valence electrons. The lowest BCUT2D eigenvalue weighted by Gasteiger charge is -2.06. The first-order valence-electron chi connectivity index (χ1n) is 6.06. The molecular formula is C14H14Cl2N2O2. The number of phenolic OH excluding ortho intramolecular Hbond substituents is 1. The number of aromatic hydroxyl groups is 1. The Labute approximate surface area is 126 Å². The van der Waals surface area contributed by atoms with Crippen LogP contribution >= 0.6 is 23.2 Å². The number of rotatable bonds is 4. The lowest BCUT2D eigenvalue weighted by atomic mass is 10.1. The number of phenols is 1. The minimum Gasteiger partial charge on any atom is -0.508 e. The second kappa shape index (κ2) is 6.20. The molecule has 6 heteroatoms. The Kier molecular flexibility index (Phi) is 4.57. The predicted molar refractivity (Wildman–Crippen MR) is 79.6 cm³/mol. The van der Waals surface area contributed by atoms with Gasteiger partial charge in [-0.15, -0.1) is 0 Å². The molecule has 1 amide bonds. The fourth-order valence-corrected chi connectivity index (χ4v) is 2.21. The van der Waals surface area contributed by atoms with Crippen LogP contribution in [0, 0.1) is 0 Å². The summed E-state index contributed by atoms with van der Waals surface area (Å²) in [6.45, 7) is 0.490. The third kappa shape index (κ3) is 3.26. The van der Waals surface area contributed by atoms with E-state index in [9.17, 15) is 9.90 Å². The van der Waals surface area contributed by atoms with Crippen LogP contribution in [0.2, 0.25) is 10.2 Å². The monoisotopic (exact) mass is 312 g/mol. The van der Waals surface area contributed by atoms with E-state index in [0.29, 0.717) is 28.8 Å². The van der Waals surface area contributed by atoms with Gasteiger partial charge in [0.15, 0.2) is 0 Å². The smallest absolute Gasteiger partial charge is 0.268 e. The van der Waals surface area contributed by atoms with Gasteiger partial charge in [0.1, 0.15) is 16.6 Å². The number of nitrogens with zero attached hydrogens (tertiary/aromatic N) is 1. The maximum Gasteiger partial charge on any atom is 0.268 e. The molecule has 0 saturated carbocycles. The third-order valence-corrected chi connectivity index (χ3v) is 3.83. The maximum atomic E-state index is 12.0. The summed E-state index contributed by atoms with van der Waals surface area (Å²) in [5.41, 5.74) is 1.46. The van der Waals surface area contributed by atoms with E-state index in [1.165, 1.54) is 0 Å². The minimum absolute atomic E-state index is 0.222. The van der Waals surface area contributed by atoms with Crippen molar-refractivity contribution < 1.29 is 9.90 Å². The van der Waals surface area contributed by atoms with Crippen LogP contribution in [0.4, 0.5) is 0 Å². The average molecular weight is 313 g/mol. The highest BCUT2D eigenvalue weighted by atomic mass is 35.5. The maximum absolute atomic E-state index is 12.0. The zero-order valence-electron chi connectivity index (χ0n) is 10.9. The van der Waals surface area contributed by atoms with E-state index in [-0.39, 0.29) is 11.7 Å². The van der Waals surface area contributed by atoms with Gasteiger partial charge in [-0.3, -0.25) is 4.79 Å². The molecule has 4 nitrogen and oxygen atoms in total. The Morgan fingerprint density at radius 2 is 1.95 bits per heavy atom. The molecule has 20 heavy (non-hydrogen) atoms. The van der Waals surface area contributed by atoms with Crippen LogP contribution in [0.1, 0.15) is 16.1 Å². The number of hydrogen-bond acceptors (Lipinski definition) is 2. The number of hydrogen-bond donors (Lipinski definition) is 2. The van der Waals surface area contributed by atoms with Crippen molar-refractivity contribution in [1.82, 2.24) is 9.88 Å². The molecule has 2 N–H and O–H groups in total. The molecule has 1 aromatic carbocycles. The van der Waals surface area contributed by atoms with Crippen molar-refractivity contribution in [2.24, 2.45) is 7.05 Å². The zero-order valence-corrected chi connectivity index (χ0v) is 12.4. The zero-order chi connectivity index (χ0) is 14.7. The molecule has 0 saturated heterocycles. The molecule has 0 aliphatic carbocycles. The molecule has 2 aromatic rings. The Morgan fingerprint density at radius 1 is 1.30 bits per heavy atom. The van der Waals surface area contributed by atoms with Gasteiger partial charge in [-0.1, -0.05) is 35.3 Å². The number of nitrogens with one attached hydrogen (secondary N) is 1. The van der Waals surface area contributed by atoms with Gasteiger partial charge in [0, 0.05) is 13.6 Å². The molecule has 0 unspecified atom stereocenters. The van der Waals surface area contributed by atoms with Gasteiger partial charge in [-0.2, -0.15) is 0 Å². The topological polar surface area (TPSA) is 54.3 Å². The summed E-state index contributed by atoms with van der Waals surface area (Å²) in [4.78, 5) is 12.0. The standard InChI is InChI=1S/C14H14Cl2N2O2/c1-18-12(8-11(15)13(18)16)14(20)17-7-6-9-2-4-10(19)5-3-9/h2-5,8,19H,6-7H2,1H3,(H,17,20). The Morgan fingerprint density at radius 3 is 2.50 bits per heavy atom. The van der Waals surface area contributed by atoms with Crippen LogP contribution in [-0.4, -0.2) is 22.1 Å². The number of aromatic nitrogens is 1. The van der Waals surface area contributed by atoms with Gasteiger partial charge < -0.3 is 15.0 Å². The summed E-state index contributed by atoms with van der Waals surface area (Å²) >= 11 is 11.8. The first kappa shape index (κ1) is 14.8. The fourth-order valence-electron chi connectivity index (χ4n) is 1.83. The van der Waals surface area contributed by atoms with Crippen molar-refractivity contribution in [3.63, 3.8) is 0 Å². The number of amides is 1. The van der Waals surface area contributed by atoms with E-state index in [0.717, 1.165) is 5.56 Å². The first-order chi connectivity index (χ1) is 9.49. The van der Waals surface area contributed by atoms with Crippen molar-refractivity contribution in [3.05, 3.63) is 51.8 Å². The molecule has 0 atom stereocenters. The van der Waals surface area contributed by atoms with E-state index < -0.39 is 0 Å². The largest absolute Gasteiger partial charge is 0.508 e. The van der Waals surface area contributed by atoms with Gasteiger partial charge in [0.25, 0.3) is 5.91 Å². The Bertz CT molecular complexity index is 621. The summed E-state index contributed by atoms with van der Waals surface area (Å²) in [5, 5.41) is 12.7. The summed E-state index contributed by atoms with van der Waals surface area (Å²) < 4.78 is 1.54. The third-order valence-electron chi connectivity index (χ3n) is 2.98. The Hall–Kier alpha value is -1.65. The molecule has 0 spiro atoms. The van der Waals surface area contributed by atoms with Gasteiger partial charge >= 0.3 is 0 Å².